The van der Waals surface area contributed by atoms with Crippen LogP contribution in [-0.2, 0) is 9.53 Å². The Labute approximate surface area is 183 Å². The van der Waals surface area contributed by atoms with Gasteiger partial charge in [0.2, 0.25) is 0 Å². The van der Waals surface area contributed by atoms with Gasteiger partial charge in [0, 0.05) is 5.56 Å². The molecule has 160 valence electrons. The van der Waals surface area contributed by atoms with Crippen LogP contribution in [0.2, 0.25) is 0 Å². The van der Waals surface area contributed by atoms with Crippen LogP contribution in [0.15, 0.2) is 68.3 Å². The summed E-state index contributed by atoms with van der Waals surface area (Å²) in [5, 5.41) is 0. The molecule has 4 rings (SSSR count). The maximum atomic E-state index is 13.4. The highest BCUT2D eigenvalue weighted by atomic mass is 32.1. The summed E-state index contributed by atoms with van der Waals surface area (Å²) in [6.45, 7) is 8.05. The molecule has 0 fully saturated rings. The zero-order valence-electron chi connectivity index (χ0n) is 17.9. The highest BCUT2D eigenvalue weighted by molar-refractivity contribution is 7.07. The number of ether oxygens (including phenoxy) is 1. The number of esters is 1. The average molecular weight is 437 g/mol. The van der Waals surface area contributed by atoms with E-state index in [0.29, 0.717) is 26.5 Å². The lowest BCUT2D eigenvalue weighted by Crippen LogP contribution is -2.39. The van der Waals surface area contributed by atoms with Crippen LogP contribution < -0.4 is 14.9 Å². The van der Waals surface area contributed by atoms with Gasteiger partial charge in [-0.15, -0.1) is 0 Å². The number of hydrogen-bond acceptors (Lipinski definition) is 6. The number of aromatic nitrogens is 1. The van der Waals surface area contributed by atoms with Crippen molar-refractivity contribution in [3.63, 3.8) is 0 Å². The maximum Gasteiger partial charge on any atom is 0.338 e. The largest absolute Gasteiger partial charge is 0.472 e. The number of thiazole rings is 1. The molecule has 0 bridgehead atoms. The van der Waals surface area contributed by atoms with E-state index in [4.69, 9.17) is 9.15 Å². The summed E-state index contributed by atoms with van der Waals surface area (Å²) in [4.78, 5) is 31.4. The van der Waals surface area contributed by atoms with Crippen molar-refractivity contribution in [1.82, 2.24) is 4.57 Å². The highest BCUT2D eigenvalue weighted by Gasteiger charge is 2.33. The van der Waals surface area contributed by atoms with Crippen molar-refractivity contribution in [1.29, 1.82) is 0 Å². The Kier molecular flexibility index (Phi) is 5.78. The van der Waals surface area contributed by atoms with Crippen LogP contribution in [0.25, 0.3) is 6.08 Å². The smallest absolute Gasteiger partial charge is 0.338 e. The molecule has 6 nitrogen and oxygen atoms in total. The van der Waals surface area contributed by atoms with E-state index in [-0.39, 0.29) is 12.2 Å². The van der Waals surface area contributed by atoms with E-state index in [1.807, 2.05) is 24.3 Å². The molecule has 0 aliphatic carbocycles. The summed E-state index contributed by atoms with van der Waals surface area (Å²) < 4.78 is 12.6. The highest BCUT2D eigenvalue weighted by Crippen LogP contribution is 2.31. The Balaban J connectivity index is 1.94. The monoisotopic (exact) mass is 436 g/mol. The fraction of sp³-hybridized carbons (Fsp3) is 0.292. The van der Waals surface area contributed by atoms with E-state index < -0.39 is 12.0 Å². The van der Waals surface area contributed by atoms with E-state index >= 15 is 0 Å². The first-order chi connectivity index (χ1) is 14.9. The Morgan fingerprint density at radius 3 is 2.65 bits per heavy atom. The summed E-state index contributed by atoms with van der Waals surface area (Å²) in [6, 6.07) is 9.23. The lowest BCUT2D eigenvalue weighted by Gasteiger charge is -2.25. The zero-order chi connectivity index (χ0) is 22.1. The van der Waals surface area contributed by atoms with Crippen molar-refractivity contribution in [2.45, 2.75) is 39.7 Å². The fourth-order valence-electron chi connectivity index (χ4n) is 3.68. The molecule has 7 heteroatoms. The second kappa shape index (κ2) is 8.51. The first-order valence-corrected chi connectivity index (χ1v) is 11.0. The zero-order valence-corrected chi connectivity index (χ0v) is 18.7. The minimum atomic E-state index is -0.594. The van der Waals surface area contributed by atoms with Crippen LogP contribution in [0, 0.1) is 0 Å². The van der Waals surface area contributed by atoms with Crippen LogP contribution in [0.5, 0.6) is 0 Å². The number of rotatable bonds is 5. The van der Waals surface area contributed by atoms with Gasteiger partial charge in [0.25, 0.3) is 5.56 Å². The number of carbonyl (C=O) groups excluding carboxylic acids is 1. The van der Waals surface area contributed by atoms with E-state index in [0.717, 1.165) is 11.1 Å². The fourth-order valence-corrected chi connectivity index (χ4v) is 4.73. The van der Waals surface area contributed by atoms with E-state index in [9.17, 15) is 9.59 Å². The van der Waals surface area contributed by atoms with Gasteiger partial charge in [0.15, 0.2) is 4.80 Å². The first kappa shape index (κ1) is 21.1. The van der Waals surface area contributed by atoms with Gasteiger partial charge in [0.1, 0.15) is 0 Å². The van der Waals surface area contributed by atoms with Crippen molar-refractivity contribution >= 4 is 23.4 Å². The van der Waals surface area contributed by atoms with Gasteiger partial charge < -0.3 is 9.15 Å². The summed E-state index contributed by atoms with van der Waals surface area (Å²) >= 11 is 1.30. The number of fused-ring (bicyclic) bond motifs is 1. The summed E-state index contributed by atoms with van der Waals surface area (Å²) in [5.74, 6) is -0.0707. The minimum absolute atomic E-state index is 0.197. The summed E-state index contributed by atoms with van der Waals surface area (Å²) in [5.41, 5.74) is 3.59. The number of hydrogen-bond donors (Lipinski definition) is 0. The molecule has 0 spiro atoms. The molecule has 1 aromatic carbocycles. The molecule has 1 aliphatic heterocycles. The van der Waals surface area contributed by atoms with Crippen molar-refractivity contribution < 1.29 is 13.9 Å². The predicted octanol–water partition coefficient (Wildman–Crippen LogP) is 3.51. The molecule has 0 radical (unpaired) electrons. The van der Waals surface area contributed by atoms with Crippen LogP contribution in [-0.4, -0.2) is 17.1 Å². The standard InChI is InChI=1S/C24H24N2O4S/c1-5-30-23(28)20-15(4)25-24-26(21(20)18-8-6-17(7-9-18)14(2)3)22(27)19(31-24)12-16-10-11-29-13-16/h6-14,21H,5H2,1-4H3/b19-12+/t21-/m1/s1. The topological polar surface area (TPSA) is 73.8 Å². The predicted molar refractivity (Wildman–Crippen MR) is 120 cm³/mol. The summed E-state index contributed by atoms with van der Waals surface area (Å²) in [7, 11) is 0. The van der Waals surface area contributed by atoms with Crippen LogP contribution in [0.4, 0.5) is 0 Å². The third kappa shape index (κ3) is 3.93. The van der Waals surface area contributed by atoms with Gasteiger partial charge >= 0.3 is 5.97 Å². The molecule has 2 aromatic heterocycles. The Morgan fingerprint density at radius 2 is 2.03 bits per heavy atom. The third-order valence-electron chi connectivity index (χ3n) is 5.28. The van der Waals surface area contributed by atoms with Crippen molar-refractivity contribution in [3.05, 3.63) is 90.5 Å². The minimum Gasteiger partial charge on any atom is -0.472 e. The SMILES string of the molecule is CCOC(=O)C1=C(C)N=c2s/c(=C/c3ccoc3)c(=O)n2[C@@H]1c1ccc(C(C)C)cc1. The molecule has 3 heterocycles. The van der Waals surface area contributed by atoms with Crippen LogP contribution in [0.1, 0.15) is 56.3 Å². The maximum absolute atomic E-state index is 13.4. The number of allylic oxidation sites excluding steroid dienone is 1. The normalized spacial score (nSPS) is 16.4. The first-order valence-electron chi connectivity index (χ1n) is 10.2. The van der Waals surface area contributed by atoms with Crippen molar-refractivity contribution in [3.8, 4) is 0 Å². The number of carbonyl (C=O) groups is 1. The van der Waals surface area contributed by atoms with Crippen LogP contribution in [0.3, 0.4) is 0 Å². The molecule has 3 aromatic rings. The van der Waals surface area contributed by atoms with Gasteiger partial charge in [0.05, 0.1) is 41.0 Å². The lowest BCUT2D eigenvalue weighted by atomic mass is 9.93. The molecule has 0 saturated carbocycles. The molecule has 0 amide bonds. The molecule has 1 aliphatic rings. The van der Waals surface area contributed by atoms with Gasteiger partial charge in [-0.2, -0.15) is 0 Å². The quantitative estimate of drug-likeness (QED) is 0.574. The van der Waals surface area contributed by atoms with Gasteiger partial charge in [-0.3, -0.25) is 9.36 Å². The molecule has 31 heavy (non-hydrogen) atoms. The Bertz CT molecular complexity index is 1310. The van der Waals surface area contributed by atoms with Gasteiger partial charge in [-0.25, -0.2) is 9.79 Å². The number of furan rings is 1. The molecule has 1 atom stereocenters. The molecule has 0 unspecified atom stereocenters. The summed E-state index contributed by atoms with van der Waals surface area (Å²) in [6.07, 6.45) is 4.91. The second-order valence-electron chi connectivity index (χ2n) is 7.68. The molecular weight excluding hydrogens is 412 g/mol. The van der Waals surface area contributed by atoms with E-state index in [1.165, 1.54) is 16.9 Å². The van der Waals surface area contributed by atoms with E-state index in [2.05, 4.69) is 18.8 Å². The average Bonchev–Trinajstić information content (AvgIpc) is 3.35. The van der Waals surface area contributed by atoms with Crippen LogP contribution >= 0.6 is 11.3 Å². The third-order valence-corrected chi connectivity index (χ3v) is 6.26. The molecule has 0 N–H and O–H groups in total. The molecular formula is C24H24N2O4S. The second-order valence-corrected chi connectivity index (χ2v) is 8.69. The van der Waals surface area contributed by atoms with Crippen molar-refractivity contribution in [2.75, 3.05) is 6.61 Å². The van der Waals surface area contributed by atoms with Gasteiger partial charge in [-0.1, -0.05) is 49.4 Å². The Hall–Kier alpha value is -3.19. The Morgan fingerprint density at radius 1 is 1.29 bits per heavy atom. The van der Waals surface area contributed by atoms with Gasteiger partial charge in [-0.05, 0) is 43.0 Å². The van der Waals surface area contributed by atoms with Crippen molar-refractivity contribution in [2.24, 2.45) is 4.99 Å². The van der Waals surface area contributed by atoms with E-state index in [1.54, 1.807) is 43.1 Å². The number of benzene rings is 1. The number of nitrogens with zero attached hydrogens (tertiary/aromatic N) is 2. The lowest BCUT2D eigenvalue weighted by molar-refractivity contribution is -0.139. The molecule has 0 saturated heterocycles.